The van der Waals surface area contributed by atoms with Crippen molar-refractivity contribution in [2.24, 2.45) is 5.92 Å². The average molecular weight is 533 g/mol. The molecular formula is C26H26ClFN2O5S. The largest absolute Gasteiger partial charge is 0.493 e. The van der Waals surface area contributed by atoms with E-state index in [-0.39, 0.29) is 36.3 Å². The Morgan fingerprint density at radius 3 is 2.36 bits per heavy atom. The summed E-state index contributed by atoms with van der Waals surface area (Å²) in [6.45, 7) is 0.232. The smallest absolute Gasteiger partial charge is 0.243 e. The molecule has 2 unspecified atom stereocenters. The van der Waals surface area contributed by atoms with Crippen LogP contribution in [0.3, 0.4) is 0 Å². The number of halogens is 2. The fourth-order valence-corrected chi connectivity index (χ4v) is 6.04. The molecule has 0 spiro atoms. The number of sulfonamides is 1. The summed E-state index contributed by atoms with van der Waals surface area (Å²) in [6.07, 6.45) is 0. The van der Waals surface area contributed by atoms with Gasteiger partial charge in [-0.25, -0.2) is 12.8 Å². The maximum Gasteiger partial charge on any atom is 0.243 e. The molecular weight excluding hydrogens is 507 g/mol. The number of hydrogen-bond acceptors (Lipinski definition) is 5. The van der Waals surface area contributed by atoms with Crippen LogP contribution in [0.1, 0.15) is 17.0 Å². The fourth-order valence-electron chi connectivity index (χ4n) is 4.43. The molecule has 0 aromatic heterocycles. The van der Waals surface area contributed by atoms with E-state index in [1.165, 1.54) is 54.9 Å². The van der Waals surface area contributed by atoms with Crippen LogP contribution in [0.4, 0.5) is 4.39 Å². The number of hydrogen-bond donors (Lipinski definition) is 1. The van der Waals surface area contributed by atoms with E-state index in [2.05, 4.69) is 5.32 Å². The first-order valence-corrected chi connectivity index (χ1v) is 13.0. The Labute approximate surface area is 214 Å². The Morgan fingerprint density at radius 1 is 1.03 bits per heavy atom. The maximum atomic E-state index is 13.4. The molecule has 1 N–H and O–H groups in total. The van der Waals surface area contributed by atoms with Crippen LogP contribution >= 0.6 is 11.6 Å². The predicted octanol–water partition coefficient (Wildman–Crippen LogP) is 4.22. The van der Waals surface area contributed by atoms with Crippen molar-refractivity contribution in [3.05, 3.63) is 88.7 Å². The number of carbonyl (C=O) groups is 1. The normalized spacial score (nSPS) is 18.1. The molecule has 1 heterocycles. The lowest BCUT2D eigenvalue weighted by Gasteiger charge is -2.22. The van der Waals surface area contributed by atoms with Crippen molar-refractivity contribution in [2.45, 2.75) is 17.4 Å². The van der Waals surface area contributed by atoms with Crippen LogP contribution in [0, 0.1) is 11.7 Å². The van der Waals surface area contributed by atoms with Gasteiger partial charge >= 0.3 is 0 Å². The number of benzene rings is 3. The number of rotatable bonds is 8. The summed E-state index contributed by atoms with van der Waals surface area (Å²) >= 11 is 5.94. The minimum absolute atomic E-state index is 0.0226. The van der Waals surface area contributed by atoms with Crippen molar-refractivity contribution in [3.8, 4) is 11.5 Å². The van der Waals surface area contributed by atoms with Gasteiger partial charge in [-0.05, 0) is 48.0 Å². The molecule has 3 aromatic rings. The molecule has 0 bridgehead atoms. The number of methoxy groups -OCH3 is 2. The van der Waals surface area contributed by atoms with Gasteiger partial charge in [-0.2, -0.15) is 4.31 Å². The zero-order chi connectivity index (χ0) is 25.9. The van der Waals surface area contributed by atoms with Crippen molar-refractivity contribution in [1.29, 1.82) is 0 Å². The van der Waals surface area contributed by atoms with E-state index in [0.29, 0.717) is 22.1 Å². The molecule has 0 saturated carbocycles. The molecule has 0 aliphatic carbocycles. The fraction of sp³-hybridized carbons (Fsp3) is 0.269. The van der Waals surface area contributed by atoms with Gasteiger partial charge in [-0.1, -0.05) is 35.9 Å². The first-order chi connectivity index (χ1) is 17.2. The Hall–Kier alpha value is -3.14. The second-order valence-corrected chi connectivity index (χ2v) is 10.8. The highest BCUT2D eigenvalue weighted by atomic mass is 35.5. The molecule has 2 atom stereocenters. The minimum Gasteiger partial charge on any atom is -0.493 e. The van der Waals surface area contributed by atoms with Gasteiger partial charge in [0.05, 0.1) is 25.0 Å². The highest BCUT2D eigenvalue weighted by molar-refractivity contribution is 7.89. The maximum absolute atomic E-state index is 13.4. The van der Waals surface area contributed by atoms with E-state index in [4.69, 9.17) is 21.1 Å². The summed E-state index contributed by atoms with van der Waals surface area (Å²) in [5, 5.41) is 3.30. The van der Waals surface area contributed by atoms with Gasteiger partial charge in [0.1, 0.15) is 5.82 Å². The highest BCUT2D eigenvalue weighted by Crippen LogP contribution is 2.43. The van der Waals surface area contributed by atoms with Crippen molar-refractivity contribution in [1.82, 2.24) is 9.62 Å². The van der Waals surface area contributed by atoms with E-state index < -0.39 is 21.9 Å². The molecule has 1 saturated heterocycles. The zero-order valence-corrected chi connectivity index (χ0v) is 21.4. The number of nitrogens with one attached hydrogen (secondary N) is 1. The summed E-state index contributed by atoms with van der Waals surface area (Å²) in [5.74, 6) is -0.942. The summed E-state index contributed by atoms with van der Waals surface area (Å²) in [4.78, 5) is 13.5. The Balaban J connectivity index is 1.66. The monoisotopic (exact) mass is 532 g/mol. The van der Waals surface area contributed by atoms with Crippen LogP contribution in [0.25, 0.3) is 0 Å². The molecule has 4 rings (SSSR count). The lowest BCUT2D eigenvalue weighted by Crippen LogP contribution is -2.35. The third-order valence-corrected chi connectivity index (χ3v) is 8.39. The molecule has 190 valence electrons. The van der Waals surface area contributed by atoms with E-state index in [1.54, 1.807) is 24.3 Å². The lowest BCUT2D eigenvalue weighted by molar-refractivity contribution is -0.125. The first kappa shape index (κ1) is 25.9. The van der Waals surface area contributed by atoms with Crippen LogP contribution in [0.2, 0.25) is 5.02 Å². The SMILES string of the molecule is COc1cccc(C2CN(S(=O)(=O)c3ccc(Cl)cc3)CC2C(=O)NCc2ccc(F)cc2)c1OC. The van der Waals surface area contributed by atoms with E-state index in [9.17, 15) is 17.6 Å². The lowest BCUT2D eigenvalue weighted by atomic mass is 9.87. The summed E-state index contributed by atoms with van der Waals surface area (Å²) in [6, 6.07) is 17.1. The van der Waals surface area contributed by atoms with Gasteiger partial charge in [0, 0.05) is 36.1 Å². The van der Waals surface area contributed by atoms with Crippen LogP contribution < -0.4 is 14.8 Å². The first-order valence-electron chi connectivity index (χ1n) is 11.2. The van der Waals surface area contributed by atoms with E-state index in [0.717, 1.165) is 5.56 Å². The van der Waals surface area contributed by atoms with Gasteiger partial charge in [-0.3, -0.25) is 4.79 Å². The number of amides is 1. The third-order valence-electron chi connectivity index (χ3n) is 6.29. The Morgan fingerprint density at radius 2 is 1.72 bits per heavy atom. The molecule has 10 heteroatoms. The summed E-state index contributed by atoms with van der Waals surface area (Å²) in [7, 11) is -0.873. The Bertz CT molecular complexity index is 1330. The predicted molar refractivity (Wildman–Crippen MR) is 134 cm³/mol. The van der Waals surface area contributed by atoms with Gasteiger partial charge in [0.15, 0.2) is 11.5 Å². The number of carbonyl (C=O) groups excluding carboxylic acids is 1. The van der Waals surface area contributed by atoms with Crippen molar-refractivity contribution in [2.75, 3.05) is 27.3 Å². The van der Waals surface area contributed by atoms with E-state index >= 15 is 0 Å². The molecule has 1 aliphatic rings. The molecule has 1 aliphatic heterocycles. The number of para-hydroxylation sites is 1. The summed E-state index contributed by atoms with van der Waals surface area (Å²) in [5.41, 5.74) is 1.40. The van der Waals surface area contributed by atoms with Crippen molar-refractivity contribution in [3.63, 3.8) is 0 Å². The van der Waals surface area contributed by atoms with Crippen molar-refractivity contribution < 1.29 is 27.1 Å². The van der Waals surface area contributed by atoms with Crippen molar-refractivity contribution >= 4 is 27.5 Å². The van der Waals surface area contributed by atoms with Crippen LogP contribution in [-0.2, 0) is 21.4 Å². The zero-order valence-electron chi connectivity index (χ0n) is 19.8. The van der Waals surface area contributed by atoms with E-state index in [1.807, 2.05) is 6.07 Å². The highest BCUT2D eigenvalue weighted by Gasteiger charge is 2.44. The minimum atomic E-state index is -3.89. The van der Waals surface area contributed by atoms with Gasteiger partial charge in [0.2, 0.25) is 15.9 Å². The molecule has 3 aromatic carbocycles. The molecule has 7 nitrogen and oxygen atoms in total. The van der Waals surface area contributed by atoms with Gasteiger partial charge in [0.25, 0.3) is 0 Å². The average Bonchev–Trinajstić information content (AvgIpc) is 3.34. The van der Waals surface area contributed by atoms with Gasteiger partial charge < -0.3 is 14.8 Å². The third kappa shape index (κ3) is 5.33. The second-order valence-electron chi connectivity index (χ2n) is 8.42. The quantitative estimate of drug-likeness (QED) is 0.469. The van der Waals surface area contributed by atoms with Crippen LogP contribution in [-0.4, -0.2) is 45.9 Å². The number of nitrogens with zero attached hydrogens (tertiary/aromatic N) is 1. The van der Waals surface area contributed by atoms with Crippen LogP contribution in [0.15, 0.2) is 71.6 Å². The number of ether oxygens (including phenoxy) is 2. The summed E-state index contributed by atoms with van der Waals surface area (Å²) < 4.78 is 52.4. The Kier molecular flexibility index (Phi) is 7.82. The molecule has 1 amide bonds. The topological polar surface area (TPSA) is 84.9 Å². The van der Waals surface area contributed by atoms with Gasteiger partial charge in [-0.15, -0.1) is 0 Å². The second kappa shape index (κ2) is 10.9. The molecule has 36 heavy (non-hydrogen) atoms. The van der Waals surface area contributed by atoms with Crippen LogP contribution in [0.5, 0.6) is 11.5 Å². The standard InChI is InChI=1S/C26H26ClFN2O5S/c1-34-24-5-3-4-21(25(24)35-2)22-15-30(36(32,33)20-12-8-18(27)9-13-20)16-23(22)26(31)29-14-17-6-10-19(28)11-7-17/h3-13,22-23H,14-16H2,1-2H3,(H,29,31). The molecule has 0 radical (unpaired) electrons. The molecule has 1 fully saturated rings.